The van der Waals surface area contributed by atoms with Crippen molar-refractivity contribution in [1.82, 2.24) is 9.78 Å². The molecule has 84 valence electrons. The maximum Gasteiger partial charge on any atom is 0.282 e. The van der Waals surface area contributed by atoms with E-state index in [2.05, 4.69) is 21.0 Å². The van der Waals surface area contributed by atoms with Gasteiger partial charge in [0.05, 0.1) is 5.69 Å². The van der Waals surface area contributed by atoms with Crippen molar-refractivity contribution < 1.29 is 8.78 Å². The van der Waals surface area contributed by atoms with E-state index in [9.17, 15) is 8.78 Å². The predicted octanol–water partition coefficient (Wildman–Crippen LogP) is 4.23. The van der Waals surface area contributed by atoms with Gasteiger partial charge in [0.1, 0.15) is 10.8 Å². The molecule has 1 heterocycles. The minimum atomic E-state index is -2.62. The van der Waals surface area contributed by atoms with Gasteiger partial charge in [-0.1, -0.05) is 23.7 Å². The zero-order valence-electron chi connectivity index (χ0n) is 7.87. The predicted molar refractivity (Wildman–Crippen MR) is 61.2 cm³/mol. The molecule has 0 saturated heterocycles. The average molecular weight is 308 g/mol. The van der Waals surface area contributed by atoms with Crippen molar-refractivity contribution in [2.75, 3.05) is 0 Å². The van der Waals surface area contributed by atoms with Crippen LogP contribution in [-0.4, -0.2) is 9.78 Å². The standard InChI is InChI=1S/C10H6BrClF2N2/c11-6-3-1-2-4-8(6)16-9(12)5-7(15-16)10(13)14/h1-5,10H. The summed E-state index contributed by atoms with van der Waals surface area (Å²) < 4.78 is 26.9. The van der Waals surface area contributed by atoms with Gasteiger partial charge in [0.2, 0.25) is 0 Å². The summed E-state index contributed by atoms with van der Waals surface area (Å²) in [5.74, 6) is 0. The Hall–Kier alpha value is -0.940. The lowest BCUT2D eigenvalue weighted by Crippen LogP contribution is -1.98. The topological polar surface area (TPSA) is 17.8 Å². The lowest BCUT2D eigenvalue weighted by atomic mass is 10.3. The molecule has 2 nitrogen and oxygen atoms in total. The molecule has 0 aliphatic rings. The zero-order chi connectivity index (χ0) is 11.7. The van der Waals surface area contributed by atoms with Crippen LogP contribution in [0.15, 0.2) is 34.8 Å². The maximum absolute atomic E-state index is 12.4. The summed E-state index contributed by atoms with van der Waals surface area (Å²) >= 11 is 9.15. The van der Waals surface area contributed by atoms with Crippen molar-refractivity contribution >= 4 is 27.5 Å². The van der Waals surface area contributed by atoms with E-state index in [0.29, 0.717) is 5.69 Å². The van der Waals surface area contributed by atoms with Gasteiger partial charge in [-0.25, -0.2) is 13.5 Å². The van der Waals surface area contributed by atoms with Gasteiger partial charge in [-0.3, -0.25) is 0 Å². The molecular weight excluding hydrogens is 301 g/mol. The number of halogens is 4. The molecule has 2 rings (SSSR count). The lowest BCUT2D eigenvalue weighted by molar-refractivity contribution is 0.145. The van der Waals surface area contributed by atoms with Gasteiger partial charge in [-0.15, -0.1) is 0 Å². The molecule has 1 aromatic heterocycles. The number of alkyl halides is 2. The third-order valence-corrected chi connectivity index (χ3v) is 2.93. The Morgan fingerprint density at radius 2 is 2.00 bits per heavy atom. The fourth-order valence-electron chi connectivity index (χ4n) is 1.27. The average Bonchev–Trinajstić information content (AvgIpc) is 2.61. The molecule has 0 saturated carbocycles. The highest BCUT2D eigenvalue weighted by Crippen LogP contribution is 2.27. The highest BCUT2D eigenvalue weighted by molar-refractivity contribution is 9.10. The Balaban J connectivity index is 2.52. The Morgan fingerprint density at radius 3 is 2.56 bits per heavy atom. The van der Waals surface area contributed by atoms with Gasteiger partial charge in [0, 0.05) is 10.5 Å². The number of rotatable bonds is 2. The highest BCUT2D eigenvalue weighted by atomic mass is 79.9. The van der Waals surface area contributed by atoms with E-state index in [0.717, 1.165) is 10.5 Å². The second-order valence-corrected chi connectivity index (χ2v) is 4.30. The lowest BCUT2D eigenvalue weighted by Gasteiger charge is -2.04. The van der Waals surface area contributed by atoms with Crippen LogP contribution < -0.4 is 0 Å². The Kier molecular flexibility index (Phi) is 3.25. The third-order valence-electron chi connectivity index (χ3n) is 1.99. The first-order chi connectivity index (χ1) is 7.59. The molecule has 0 radical (unpaired) electrons. The molecule has 1 aromatic carbocycles. The van der Waals surface area contributed by atoms with Crippen molar-refractivity contribution in [3.8, 4) is 5.69 Å². The Bertz CT molecular complexity index is 513. The minimum absolute atomic E-state index is 0.155. The third kappa shape index (κ3) is 2.10. The molecule has 0 unspecified atom stereocenters. The molecule has 0 N–H and O–H groups in total. The molecule has 6 heteroatoms. The van der Waals surface area contributed by atoms with Crippen molar-refractivity contribution in [3.05, 3.63) is 45.7 Å². The second-order valence-electron chi connectivity index (χ2n) is 3.06. The van der Waals surface area contributed by atoms with Crippen LogP contribution in [0.2, 0.25) is 5.15 Å². The normalized spacial score (nSPS) is 11.1. The van der Waals surface area contributed by atoms with E-state index < -0.39 is 6.43 Å². The summed E-state index contributed by atoms with van der Waals surface area (Å²) in [6.45, 7) is 0. The summed E-state index contributed by atoms with van der Waals surface area (Å²) in [5, 5.41) is 3.90. The van der Waals surface area contributed by atoms with Crippen molar-refractivity contribution in [3.63, 3.8) is 0 Å². The molecule has 0 atom stereocenters. The molecule has 0 fully saturated rings. The minimum Gasteiger partial charge on any atom is -0.221 e. The van der Waals surface area contributed by atoms with Crippen LogP contribution in [0.1, 0.15) is 12.1 Å². The highest BCUT2D eigenvalue weighted by Gasteiger charge is 2.16. The van der Waals surface area contributed by atoms with E-state index in [1.165, 1.54) is 4.68 Å². The summed E-state index contributed by atoms with van der Waals surface area (Å²) in [6.07, 6.45) is -2.62. The summed E-state index contributed by atoms with van der Waals surface area (Å²) in [7, 11) is 0. The van der Waals surface area contributed by atoms with E-state index in [4.69, 9.17) is 11.6 Å². The smallest absolute Gasteiger partial charge is 0.221 e. The summed E-state index contributed by atoms with van der Waals surface area (Å²) in [4.78, 5) is 0. The first kappa shape index (κ1) is 11.5. The van der Waals surface area contributed by atoms with Crippen molar-refractivity contribution in [2.45, 2.75) is 6.43 Å². The summed E-state index contributed by atoms with van der Waals surface area (Å²) in [6, 6.07) is 8.28. The monoisotopic (exact) mass is 306 g/mol. The molecule has 0 aliphatic carbocycles. The molecule has 0 spiro atoms. The van der Waals surface area contributed by atoms with Crippen LogP contribution >= 0.6 is 27.5 Å². The van der Waals surface area contributed by atoms with Gasteiger partial charge in [-0.2, -0.15) is 5.10 Å². The van der Waals surface area contributed by atoms with Gasteiger partial charge in [0.15, 0.2) is 0 Å². The number of hydrogen-bond donors (Lipinski definition) is 0. The van der Waals surface area contributed by atoms with E-state index in [-0.39, 0.29) is 10.8 Å². The van der Waals surface area contributed by atoms with Crippen LogP contribution in [0.25, 0.3) is 5.69 Å². The molecular formula is C10H6BrClF2N2. The maximum atomic E-state index is 12.4. The Labute approximate surface area is 104 Å². The molecule has 0 bridgehead atoms. The quantitative estimate of drug-likeness (QED) is 0.812. The first-order valence-corrected chi connectivity index (χ1v) is 5.55. The van der Waals surface area contributed by atoms with Crippen molar-refractivity contribution in [1.29, 1.82) is 0 Å². The molecule has 0 aliphatic heterocycles. The molecule has 16 heavy (non-hydrogen) atoms. The van der Waals surface area contributed by atoms with Gasteiger partial charge < -0.3 is 0 Å². The van der Waals surface area contributed by atoms with Crippen LogP contribution in [0.3, 0.4) is 0 Å². The number of hydrogen-bond acceptors (Lipinski definition) is 1. The van der Waals surface area contributed by atoms with E-state index >= 15 is 0 Å². The van der Waals surface area contributed by atoms with Crippen molar-refractivity contribution in [2.24, 2.45) is 0 Å². The van der Waals surface area contributed by atoms with E-state index in [1.807, 2.05) is 6.07 Å². The largest absolute Gasteiger partial charge is 0.282 e. The number of benzene rings is 1. The molecule has 2 aromatic rings. The second kappa shape index (κ2) is 4.51. The van der Waals surface area contributed by atoms with E-state index in [1.54, 1.807) is 18.2 Å². The van der Waals surface area contributed by atoms with Crippen LogP contribution in [0, 0.1) is 0 Å². The first-order valence-electron chi connectivity index (χ1n) is 4.38. The van der Waals surface area contributed by atoms with Gasteiger partial charge in [0.25, 0.3) is 6.43 Å². The van der Waals surface area contributed by atoms with Crippen LogP contribution in [0.5, 0.6) is 0 Å². The van der Waals surface area contributed by atoms with Crippen LogP contribution in [0.4, 0.5) is 8.78 Å². The van der Waals surface area contributed by atoms with Gasteiger partial charge in [-0.05, 0) is 28.1 Å². The molecule has 0 amide bonds. The Morgan fingerprint density at radius 1 is 1.31 bits per heavy atom. The van der Waals surface area contributed by atoms with Crippen LogP contribution in [-0.2, 0) is 0 Å². The fraction of sp³-hybridized carbons (Fsp3) is 0.100. The number of aromatic nitrogens is 2. The summed E-state index contributed by atoms with van der Waals surface area (Å²) in [5.41, 5.74) is 0.292. The zero-order valence-corrected chi connectivity index (χ0v) is 10.2. The SMILES string of the molecule is FC(F)c1cc(Cl)n(-c2ccccc2Br)n1. The fourth-order valence-corrected chi connectivity index (χ4v) is 1.97. The number of para-hydroxylation sites is 1. The number of nitrogens with zero attached hydrogens (tertiary/aromatic N) is 2. The van der Waals surface area contributed by atoms with Gasteiger partial charge >= 0.3 is 0 Å².